The molecule has 4 bridgehead atoms. The Hall–Kier alpha value is -3.88. The normalized spacial score (nSPS) is 26.9. The van der Waals surface area contributed by atoms with Crippen LogP contribution in [0.4, 0.5) is 17.1 Å². The maximum absolute atomic E-state index is 2.53. The topological polar surface area (TPSA) is 3.24 Å². The molecular weight excluding hydrogens is 647 g/mol. The molecule has 6 atom stereocenters. The summed E-state index contributed by atoms with van der Waals surface area (Å²) >= 11 is 1.92. The molecule has 5 aliphatic rings. The van der Waals surface area contributed by atoms with Crippen molar-refractivity contribution in [1.29, 1.82) is 0 Å². The zero-order chi connectivity index (χ0) is 34.2. The highest BCUT2D eigenvalue weighted by atomic mass is 32.1. The summed E-state index contributed by atoms with van der Waals surface area (Å²) in [5.41, 5.74) is 11.6. The molecule has 2 heteroatoms. The van der Waals surface area contributed by atoms with Crippen molar-refractivity contribution in [3.8, 4) is 11.1 Å². The number of benzene rings is 5. The molecule has 1 aromatic heterocycles. The van der Waals surface area contributed by atoms with Crippen molar-refractivity contribution in [2.75, 3.05) is 4.90 Å². The second-order valence-corrected chi connectivity index (χ2v) is 18.5. The minimum Gasteiger partial charge on any atom is -0.310 e. The SMILES string of the molecule is c1cc(C2CC3CCC2C3)c(-c2ccc(N(c3ccc(C4CCCCC4)cc3)c3ccc4c(c3)sc3ccccc34)cc2)c(C2CC3CCC2C3)c1. The smallest absolute Gasteiger partial charge is 0.0476 e. The van der Waals surface area contributed by atoms with E-state index in [1.54, 1.807) is 16.7 Å². The van der Waals surface area contributed by atoms with Gasteiger partial charge in [-0.05, 0) is 163 Å². The molecular formula is C50H51NS. The predicted octanol–water partition coefficient (Wildman–Crippen LogP) is 15.0. The summed E-state index contributed by atoms with van der Waals surface area (Å²) < 4.78 is 2.72. The molecule has 5 saturated carbocycles. The highest BCUT2D eigenvalue weighted by Crippen LogP contribution is 2.58. The standard InChI is InChI=1S/C50H51NS/c1-2-7-34(8-3-1)35-17-21-39(22-18-35)51(41-25-26-43-42-9-4-5-12-48(42)52-49(43)31-41)40-23-19-36(20-24-40)50-44(46-29-32-13-15-37(46)27-32)10-6-11-45(50)47-30-33-14-16-38(47)28-33/h4-6,9-12,17-26,31-34,37-38,46-47H,1-3,7-8,13-16,27-30H2. The Bertz CT molecular complexity index is 2190. The summed E-state index contributed by atoms with van der Waals surface area (Å²) in [7, 11) is 0. The molecule has 0 spiro atoms. The summed E-state index contributed by atoms with van der Waals surface area (Å²) in [6, 6.07) is 43.0. The number of hydrogen-bond acceptors (Lipinski definition) is 2. The molecule has 1 heterocycles. The molecule has 1 nitrogen and oxygen atoms in total. The van der Waals surface area contributed by atoms with Crippen LogP contribution in [0.5, 0.6) is 0 Å². The van der Waals surface area contributed by atoms with Crippen LogP contribution in [0.15, 0.2) is 109 Å². The van der Waals surface area contributed by atoms with E-state index in [2.05, 4.69) is 114 Å². The van der Waals surface area contributed by atoms with E-state index in [0.29, 0.717) is 5.92 Å². The lowest BCUT2D eigenvalue weighted by Crippen LogP contribution is -2.14. The molecule has 0 saturated heterocycles. The van der Waals surface area contributed by atoms with Crippen LogP contribution in [-0.2, 0) is 0 Å². The van der Waals surface area contributed by atoms with Crippen molar-refractivity contribution in [3.63, 3.8) is 0 Å². The fourth-order valence-electron chi connectivity index (χ4n) is 12.2. The maximum atomic E-state index is 2.53. The predicted molar refractivity (Wildman–Crippen MR) is 222 cm³/mol. The van der Waals surface area contributed by atoms with Gasteiger partial charge in [0, 0.05) is 37.2 Å². The molecule has 262 valence electrons. The number of thiophene rings is 1. The van der Waals surface area contributed by atoms with Crippen LogP contribution < -0.4 is 4.90 Å². The second-order valence-electron chi connectivity index (χ2n) is 17.5. The number of rotatable bonds is 7. The molecule has 0 N–H and O–H groups in total. The third-order valence-electron chi connectivity index (χ3n) is 14.7. The van der Waals surface area contributed by atoms with Crippen LogP contribution in [0.1, 0.15) is 118 Å². The molecule has 52 heavy (non-hydrogen) atoms. The summed E-state index contributed by atoms with van der Waals surface area (Å²) in [6.45, 7) is 0. The Morgan fingerprint density at radius 3 is 1.73 bits per heavy atom. The van der Waals surface area contributed by atoms with Gasteiger partial charge in [-0.1, -0.05) is 98.8 Å². The lowest BCUT2D eigenvalue weighted by Gasteiger charge is -2.31. The van der Waals surface area contributed by atoms with Crippen molar-refractivity contribution in [2.45, 2.75) is 101 Å². The maximum Gasteiger partial charge on any atom is 0.0476 e. The monoisotopic (exact) mass is 697 g/mol. The van der Waals surface area contributed by atoms with Crippen LogP contribution in [0, 0.1) is 23.7 Å². The van der Waals surface area contributed by atoms with Gasteiger partial charge in [0.15, 0.2) is 0 Å². The van der Waals surface area contributed by atoms with Crippen molar-refractivity contribution in [1.82, 2.24) is 0 Å². The lowest BCUT2D eigenvalue weighted by molar-refractivity contribution is 0.413. The number of anilines is 3. The first-order valence-corrected chi connectivity index (χ1v) is 21.6. The van der Waals surface area contributed by atoms with Gasteiger partial charge in [-0.2, -0.15) is 0 Å². The fourth-order valence-corrected chi connectivity index (χ4v) is 13.3. The Labute approximate surface area is 314 Å². The van der Waals surface area contributed by atoms with E-state index in [1.807, 2.05) is 11.3 Å². The van der Waals surface area contributed by atoms with Crippen molar-refractivity contribution in [2.24, 2.45) is 23.7 Å². The fraction of sp³-hybridized carbons (Fsp3) is 0.400. The van der Waals surface area contributed by atoms with Gasteiger partial charge in [-0.3, -0.25) is 0 Å². The Morgan fingerprint density at radius 2 is 1.10 bits per heavy atom. The van der Waals surface area contributed by atoms with Gasteiger partial charge in [0.2, 0.25) is 0 Å². The number of hydrogen-bond donors (Lipinski definition) is 0. The van der Waals surface area contributed by atoms with E-state index in [9.17, 15) is 0 Å². The van der Waals surface area contributed by atoms with Crippen LogP contribution in [0.25, 0.3) is 31.3 Å². The van der Waals surface area contributed by atoms with Crippen LogP contribution >= 0.6 is 11.3 Å². The second kappa shape index (κ2) is 12.9. The summed E-state index contributed by atoms with van der Waals surface area (Å²) in [6.07, 6.45) is 18.3. The Morgan fingerprint density at radius 1 is 0.481 bits per heavy atom. The first kappa shape index (κ1) is 31.6. The summed E-state index contributed by atoms with van der Waals surface area (Å²) in [5, 5.41) is 2.72. The first-order chi connectivity index (χ1) is 25.7. The van der Waals surface area contributed by atoms with Gasteiger partial charge in [-0.15, -0.1) is 11.3 Å². The minimum atomic E-state index is 0.713. The number of fused-ring (bicyclic) bond motifs is 7. The molecule has 6 unspecified atom stereocenters. The minimum absolute atomic E-state index is 0.713. The van der Waals surface area contributed by atoms with E-state index in [-0.39, 0.29) is 0 Å². The number of nitrogens with zero attached hydrogens (tertiary/aromatic N) is 1. The van der Waals surface area contributed by atoms with Crippen molar-refractivity contribution >= 4 is 48.6 Å². The third kappa shape index (κ3) is 5.38. The van der Waals surface area contributed by atoms with Gasteiger partial charge < -0.3 is 4.90 Å². The van der Waals surface area contributed by atoms with E-state index in [4.69, 9.17) is 0 Å². The highest BCUT2D eigenvalue weighted by Gasteiger charge is 2.44. The Kier molecular flexibility index (Phi) is 7.85. The Balaban J connectivity index is 1.01. The van der Waals surface area contributed by atoms with Gasteiger partial charge in [0.1, 0.15) is 0 Å². The average molecular weight is 698 g/mol. The van der Waals surface area contributed by atoms with Crippen LogP contribution in [0.3, 0.4) is 0 Å². The quantitative estimate of drug-likeness (QED) is 0.160. The van der Waals surface area contributed by atoms with E-state index < -0.39 is 0 Å². The molecule has 0 amide bonds. The van der Waals surface area contributed by atoms with E-state index in [1.165, 1.54) is 132 Å². The van der Waals surface area contributed by atoms with Crippen molar-refractivity contribution < 1.29 is 0 Å². The molecule has 5 aliphatic carbocycles. The van der Waals surface area contributed by atoms with Gasteiger partial charge >= 0.3 is 0 Å². The highest BCUT2D eigenvalue weighted by molar-refractivity contribution is 7.25. The molecule has 11 rings (SSSR count). The van der Waals surface area contributed by atoms with Crippen LogP contribution in [0.2, 0.25) is 0 Å². The van der Waals surface area contributed by atoms with Crippen LogP contribution in [-0.4, -0.2) is 0 Å². The lowest BCUT2D eigenvalue weighted by atomic mass is 9.74. The molecule has 5 aromatic carbocycles. The summed E-state index contributed by atoms with van der Waals surface area (Å²) in [4.78, 5) is 2.51. The zero-order valence-electron chi connectivity index (χ0n) is 30.5. The molecule has 5 fully saturated rings. The van der Waals surface area contributed by atoms with Gasteiger partial charge in [-0.25, -0.2) is 0 Å². The van der Waals surface area contributed by atoms with Gasteiger partial charge in [0.05, 0.1) is 0 Å². The summed E-state index contributed by atoms with van der Waals surface area (Å²) in [5.74, 6) is 5.85. The van der Waals surface area contributed by atoms with E-state index in [0.717, 1.165) is 35.5 Å². The largest absolute Gasteiger partial charge is 0.310 e. The molecule has 0 radical (unpaired) electrons. The zero-order valence-corrected chi connectivity index (χ0v) is 31.3. The van der Waals surface area contributed by atoms with Crippen molar-refractivity contribution in [3.05, 3.63) is 126 Å². The van der Waals surface area contributed by atoms with E-state index >= 15 is 0 Å². The molecule has 0 aliphatic heterocycles. The first-order valence-electron chi connectivity index (χ1n) is 20.8. The third-order valence-corrected chi connectivity index (χ3v) is 15.8. The average Bonchev–Trinajstić information content (AvgIpc) is 4.06. The van der Waals surface area contributed by atoms with Gasteiger partial charge in [0.25, 0.3) is 0 Å². The molecule has 6 aromatic rings.